The van der Waals surface area contributed by atoms with E-state index in [0.717, 1.165) is 37.2 Å². The summed E-state index contributed by atoms with van der Waals surface area (Å²) in [5, 5.41) is 27.0. The number of fused-ring (bicyclic) bond motifs is 1. The number of nitrogens with zero attached hydrogens (tertiary/aromatic N) is 4. The molecule has 10 heteroatoms. The molecular formula is C23H26N6O4. The third-order valence-electron chi connectivity index (χ3n) is 5.53. The topological polar surface area (TPSA) is 133 Å². The van der Waals surface area contributed by atoms with Gasteiger partial charge in [-0.2, -0.15) is 5.21 Å². The third-order valence-corrected chi connectivity index (χ3v) is 5.53. The molecule has 0 aliphatic carbocycles. The van der Waals surface area contributed by atoms with Crippen LogP contribution in [0.3, 0.4) is 0 Å². The van der Waals surface area contributed by atoms with Crippen LogP contribution in [-0.2, 0) is 9.53 Å². The molecule has 1 aromatic heterocycles. The van der Waals surface area contributed by atoms with E-state index < -0.39 is 5.97 Å². The van der Waals surface area contributed by atoms with E-state index in [0.29, 0.717) is 31.1 Å². The number of carboxylic acids is 1. The summed E-state index contributed by atoms with van der Waals surface area (Å²) in [5.74, 6) is -0.361. The van der Waals surface area contributed by atoms with Crippen molar-refractivity contribution in [3.63, 3.8) is 0 Å². The minimum atomic E-state index is -0.833. The number of carbonyl (C=O) groups excluding carboxylic acids is 1. The molecule has 1 unspecified atom stereocenters. The molecule has 0 bridgehead atoms. The van der Waals surface area contributed by atoms with Gasteiger partial charge in [0, 0.05) is 25.6 Å². The SMILES string of the molecule is CC(=O)O.O=C(c1cccc2c(C3=CCCNC3)cccc12)N1CCOC(c2nn[nH]n2)C1. The average Bonchev–Trinajstić information content (AvgIpc) is 3.38. The van der Waals surface area contributed by atoms with E-state index in [1.807, 2.05) is 29.2 Å². The summed E-state index contributed by atoms with van der Waals surface area (Å²) >= 11 is 0. The fourth-order valence-electron chi connectivity index (χ4n) is 4.09. The molecular weight excluding hydrogens is 424 g/mol. The number of amides is 1. The van der Waals surface area contributed by atoms with Crippen molar-refractivity contribution in [3.8, 4) is 0 Å². The Morgan fingerprint density at radius 2 is 1.97 bits per heavy atom. The summed E-state index contributed by atoms with van der Waals surface area (Å²) in [6.07, 6.45) is 2.95. The number of rotatable bonds is 3. The van der Waals surface area contributed by atoms with Gasteiger partial charge in [-0.3, -0.25) is 9.59 Å². The zero-order chi connectivity index (χ0) is 23.2. The summed E-state index contributed by atoms with van der Waals surface area (Å²) < 4.78 is 5.73. The minimum Gasteiger partial charge on any atom is -0.481 e. The van der Waals surface area contributed by atoms with Gasteiger partial charge in [0.15, 0.2) is 0 Å². The number of nitrogens with one attached hydrogen (secondary N) is 2. The average molecular weight is 450 g/mol. The Labute approximate surface area is 190 Å². The number of aromatic amines is 1. The number of ether oxygens (including phenoxy) is 1. The van der Waals surface area contributed by atoms with Gasteiger partial charge in [0.05, 0.1) is 13.2 Å². The molecule has 33 heavy (non-hydrogen) atoms. The van der Waals surface area contributed by atoms with E-state index in [-0.39, 0.29) is 12.0 Å². The Balaban J connectivity index is 0.000000601. The van der Waals surface area contributed by atoms with Gasteiger partial charge in [0.25, 0.3) is 11.9 Å². The van der Waals surface area contributed by atoms with E-state index >= 15 is 0 Å². The highest BCUT2D eigenvalue weighted by Crippen LogP contribution is 2.30. The van der Waals surface area contributed by atoms with Gasteiger partial charge in [-0.05, 0) is 40.9 Å². The molecule has 0 radical (unpaired) electrons. The van der Waals surface area contributed by atoms with Crippen molar-refractivity contribution in [3.05, 3.63) is 59.4 Å². The summed E-state index contributed by atoms with van der Waals surface area (Å²) in [6.45, 7) is 4.34. The van der Waals surface area contributed by atoms with Crippen LogP contribution in [0.2, 0.25) is 0 Å². The number of carboxylic acid groups (broad SMARTS) is 1. The van der Waals surface area contributed by atoms with Crippen molar-refractivity contribution < 1.29 is 19.4 Å². The molecule has 172 valence electrons. The third kappa shape index (κ3) is 5.24. The minimum absolute atomic E-state index is 0.000272. The molecule has 10 nitrogen and oxygen atoms in total. The number of carbonyl (C=O) groups is 2. The summed E-state index contributed by atoms with van der Waals surface area (Å²) in [4.78, 5) is 24.2. The van der Waals surface area contributed by atoms with Gasteiger partial charge in [0.2, 0.25) is 5.82 Å². The summed E-state index contributed by atoms with van der Waals surface area (Å²) in [7, 11) is 0. The Hall–Kier alpha value is -3.63. The highest BCUT2D eigenvalue weighted by Gasteiger charge is 2.29. The van der Waals surface area contributed by atoms with E-state index in [1.54, 1.807) is 0 Å². The molecule has 2 aliphatic heterocycles. The lowest BCUT2D eigenvalue weighted by atomic mass is 9.93. The fraction of sp³-hybridized carbons (Fsp3) is 0.348. The summed E-state index contributed by atoms with van der Waals surface area (Å²) in [5.41, 5.74) is 3.19. The number of hydrogen-bond acceptors (Lipinski definition) is 7. The second kappa shape index (κ2) is 10.3. The zero-order valence-electron chi connectivity index (χ0n) is 18.3. The lowest BCUT2D eigenvalue weighted by molar-refractivity contribution is -0.134. The quantitative estimate of drug-likeness (QED) is 0.552. The number of H-pyrrole nitrogens is 1. The van der Waals surface area contributed by atoms with Crippen LogP contribution < -0.4 is 5.32 Å². The molecule has 2 aromatic carbocycles. The van der Waals surface area contributed by atoms with E-state index in [4.69, 9.17) is 14.6 Å². The van der Waals surface area contributed by atoms with Gasteiger partial charge in [-0.25, -0.2) is 0 Å². The second-order valence-corrected chi connectivity index (χ2v) is 7.80. The highest BCUT2D eigenvalue weighted by atomic mass is 16.5. The Morgan fingerprint density at radius 3 is 2.70 bits per heavy atom. The normalized spacial score (nSPS) is 18.3. The van der Waals surface area contributed by atoms with Crippen LogP contribution in [0.5, 0.6) is 0 Å². The number of morpholine rings is 1. The zero-order valence-corrected chi connectivity index (χ0v) is 18.3. The molecule has 3 N–H and O–H groups in total. The first kappa shape index (κ1) is 22.6. The Bertz CT molecular complexity index is 1160. The van der Waals surface area contributed by atoms with Crippen LogP contribution >= 0.6 is 0 Å². The van der Waals surface area contributed by atoms with Crippen molar-refractivity contribution in [1.29, 1.82) is 0 Å². The van der Waals surface area contributed by atoms with Crippen LogP contribution in [0.15, 0.2) is 42.5 Å². The molecule has 5 rings (SSSR count). The van der Waals surface area contributed by atoms with Gasteiger partial charge in [-0.15, -0.1) is 10.2 Å². The first-order valence-corrected chi connectivity index (χ1v) is 10.8. The number of aliphatic carboxylic acids is 1. The first-order chi connectivity index (χ1) is 16.0. The van der Waals surface area contributed by atoms with Crippen LogP contribution in [0.25, 0.3) is 16.3 Å². The molecule has 3 aromatic rings. The maximum Gasteiger partial charge on any atom is 0.300 e. The number of hydrogen-bond donors (Lipinski definition) is 3. The first-order valence-electron chi connectivity index (χ1n) is 10.8. The molecule has 3 heterocycles. The van der Waals surface area contributed by atoms with Gasteiger partial charge < -0.3 is 20.1 Å². The van der Waals surface area contributed by atoms with Crippen LogP contribution in [0, 0.1) is 0 Å². The predicted octanol–water partition coefficient (Wildman–Crippen LogP) is 2.03. The van der Waals surface area contributed by atoms with Crippen LogP contribution in [-0.4, -0.2) is 75.3 Å². The monoisotopic (exact) mass is 450 g/mol. The maximum atomic E-state index is 13.4. The molecule has 1 atom stereocenters. The number of aromatic nitrogens is 4. The Morgan fingerprint density at radius 1 is 1.18 bits per heavy atom. The maximum absolute atomic E-state index is 13.4. The molecule has 1 amide bonds. The molecule has 1 fully saturated rings. The van der Waals surface area contributed by atoms with Gasteiger partial charge in [-0.1, -0.05) is 41.6 Å². The highest BCUT2D eigenvalue weighted by molar-refractivity contribution is 6.09. The van der Waals surface area contributed by atoms with E-state index in [1.165, 1.54) is 11.1 Å². The van der Waals surface area contributed by atoms with Gasteiger partial charge >= 0.3 is 0 Å². The lowest BCUT2D eigenvalue weighted by Gasteiger charge is -2.31. The van der Waals surface area contributed by atoms with Gasteiger partial charge in [0.1, 0.15) is 6.10 Å². The second-order valence-electron chi connectivity index (χ2n) is 7.80. The van der Waals surface area contributed by atoms with Crippen LogP contribution in [0.4, 0.5) is 0 Å². The molecule has 0 saturated carbocycles. The lowest BCUT2D eigenvalue weighted by Crippen LogP contribution is -2.42. The number of tetrazole rings is 1. The fourth-order valence-corrected chi connectivity index (χ4v) is 4.09. The predicted molar refractivity (Wildman–Crippen MR) is 121 cm³/mol. The Kier molecular flexibility index (Phi) is 7.06. The summed E-state index contributed by atoms with van der Waals surface area (Å²) in [6, 6.07) is 12.2. The van der Waals surface area contributed by atoms with Crippen LogP contribution in [0.1, 0.15) is 41.2 Å². The van der Waals surface area contributed by atoms with Crippen molar-refractivity contribution in [2.45, 2.75) is 19.4 Å². The molecule has 2 aliphatic rings. The largest absolute Gasteiger partial charge is 0.481 e. The van der Waals surface area contributed by atoms with Crippen molar-refractivity contribution >= 4 is 28.2 Å². The van der Waals surface area contributed by atoms with Crippen molar-refractivity contribution in [1.82, 2.24) is 30.8 Å². The van der Waals surface area contributed by atoms with Crippen molar-refractivity contribution in [2.24, 2.45) is 0 Å². The number of benzene rings is 2. The van der Waals surface area contributed by atoms with E-state index in [2.05, 4.69) is 44.1 Å². The molecule has 1 saturated heterocycles. The molecule has 0 spiro atoms. The van der Waals surface area contributed by atoms with Crippen molar-refractivity contribution in [2.75, 3.05) is 32.8 Å². The smallest absolute Gasteiger partial charge is 0.300 e. The standard InChI is InChI=1S/C21H22N6O2.C2H4O2/c28-21(27-10-11-29-19(13-27)20-23-25-26-24-20)18-8-2-6-16-15(5-1-7-17(16)18)14-4-3-9-22-12-14;1-2(3)4/h1-2,4-8,19,22H,3,9-13H2,(H,23,24,25,26);1H3,(H,3,4). The van der Waals surface area contributed by atoms with E-state index in [9.17, 15) is 4.79 Å².